The number of nitrogens with one attached hydrogen (secondary N) is 1. The Morgan fingerprint density at radius 3 is 2.67 bits per heavy atom. The number of benzene rings is 1. The summed E-state index contributed by atoms with van der Waals surface area (Å²) >= 11 is 2.66. The van der Waals surface area contributed by atoms with Gasteiger partial charge in [-0.05, 0) is 24.0 Å². The SMILES string of the molecule is CCSc1nnc(NC(=O)/C=C/c2ccc(OC(F)F)cc2OC(F)F)s1. The number of nitrogens with zero attached hydrogens (tertiary/aromatic N) is 2. The third-order valence-corrected chi connectivity index (χ3v) is 4.60. The zero-order valence-corrected chi connectivity index (χ0v) is 15.3. The van der Waals surface area contributed by atoms with E-state index < -0.39 is 24.9 Å². The van der Waals surface area contributed by atoms with E-state index in [0.29, 0.717) is 4.34 Å². The van der Waals surface area contributed by atoms with Crippen molar-refractivity contribution in [1.82, 2.24) is 10.2 Å². The van der Waals surface area contributed by atoms with Crippen LogP contribution >= 0.6 is 23.1 Å². The summed E-state index contributed by atoms with van der Waals surface area (Å²) in [7, 11) is 0. The lowest BCUT2D eigenvalue weighted by atomic mass is 10.1. The molecule has 0 atom stereocenters. The molecule has 2 aromatic rings. The lowest BCUT2D eigenvalue weighted by Crippen LogP contribution is -2.08. The fourth-order valence-corrected chi connectivity index (χ4v) is 3.43. The minimum Gasteiger partial charge on any atom is -0.435 e. The van der Waals surface area contributed by atoms with Crippen LogP contribution in [0, 0.1) is 0 Å². The highest BCUT2D eigenvalue weighted by molar-refractivity contribution is 8.01. The Morgan fingerprint density at radius 1 is 1.26 bits per heavy atom. The molecule has 1 heterocycles. The molecule has 6 nitrogen and oxygen atoms in total. The molecule has 1 amide bonds. The third-order valence-electron chi connectivity index (χ3n) is 2.74. The van der Waals surface area contributed by atoms with E-state index >= 15 is 0 Å². The Kier molecular flexibility index (Phi) is 7.85. The van der Waals surface area contributed by atoms with Gasteiger partial charge in [-0.1, -0.05) is 30.0 Å². The van der Waals surface area contributed by atoms with E-state index in [1.54, 1.807) is 0 Å². The lowest BCUT2D eigenvalue weighted by molar-refractivity contribution is -0.111. The standard InChI is InChI=1S/C15H13F4N3O3S2/c1-2-26-15-22-21-14(27-15)20-11(23)6-4-8-3-5-9(24-12(16)17)7-10(8)25-13(18)19/h3-7,12-13H,2H2,1H3,(H,20,21,23)/b6-4+. The van der Waals surface area contributed by atoms with Crippen molar-refractivity contribution in [3.05, 3.63) is 29.8 Å². The van der Waals surface area contributed by atoms with Gasteiger partial charge in [0.1, 0.15) is 11.5 Å². The second kappa shape index (κ2) is 10.1. The van der Waals surface area contributed by atoms with Gasteiger partial charge in [-0.3, -0.25) is 10.1 Å². The molecule has 27 heavy (non-hydrogen) atoms. The van der Waals surface area contributed by atoms with Crippen LogP contribution < -0.4 is 14.8 Å². The molecule has 0 saturated carbocycles. The first-order valence-electron chi connectivity index (χ1n) is 7.36. The van der Waals surface area contributed by atoms with E-state index in [9.17, 15) is 22.4 Å². The molecule has 1 aromatic carbocycles. The Labute approximate surface area is 159 Å². The third kappa shape index (κ3) is 7.06. The first kappa shape index (κ1) is 21.0. The van der Waals surface area contributed by atoms with Crippen LogP contribution in [0.15, 0.2) is 28.6 Å². The molecule has 0 saturated heterocycles. The maximum atomic E-state index is 12.5. The molecule has 12 heteroatoms. The smallest absolute Gasteiger partial charge is 0.387 e. The molecule has 0 unspecified atom stereocenters. The topological polar surface area (TPSA) is 73.3 Å². The Hall–Kier alpha value is -2.34. The fourth-order valence-electron chi connectivity index (χ4n) is 1.78. The van der Waals surface area contributed by atoms with Gasteiger partial charge in [-0.2, -0.15) is 17.6 Å². The molecule has 0 aliphatic heterocycles. The van der Waals surface area contributed by atoms with Crippen LogP contribution in [-0.2, 0) is 4.79 Å². The van der Waals surface area contributed by atoms with Gasteiger partial charge in [0.25, 0.3) is 0 Å². The number of hydrogen-bond donors (Lipinski definition) is 1. The van der Waals surface area contributed by atoms with Crippen LogP contribution in [0.2, 0.25) is 0 Å². The van der Waals surface area contributed by atoms with E-state index in [1.807, 2.05) is 6.92 Å². The van der Waals surface area contributed by atoms with Gasteiger partial charge in [-0.15, -0.1) is 10.2 Å². The van der Waals surface area contributed by atoms with Crippen molar-refractivity contribution in [2.24, 2.45) is 0 Å². The minimum atomic E-state index is -3.18. The average Bonchev–Trinajstić information content (AvgIpc) is 3.00. The maximum Gasteiger partial charge on any atom is 0.387 e. The second-order valence-corrected chi connectivity index (χ2v) is 7.07. The monoisotopic (exact) mass is 423 g/mol. The van der Waals surface area contributed by atoms with Gasteiger partial charge < -0.3 is 9.47 Å². The molecule has 0 spiro atoms. The van der Waals surface area contributed by atoms with Crippen molar-refractivity contribution in [3.63, 3.8) is 0 Å². The van der Waals surface area contributed by atoms with E-state index in [2.05, 4.69) is 25.0 Å². The van der Waals surface area contributed by atoms with Crippen LogP contribution in [-0.4, -0.2) is 35.1 Å². The summed E-state index contributed by atoms with van der Waals surface area (Å²) in [6.45, 7) is -4.34. The molecule has 146 valence electrons. The number of halogens is 4. The highest BCUT2D eigenvalue weighted by Crippen LogP contribution is 2.29. The van der Waals surface area contributed by atoms with Crippen molar-refractivity contribution < 1.29 is 31.8 Å². The fraction of sp³-hybridized carbons (Fsp3) is 0.267. The van der Waals surface area contributed by atoms with Gasteiger partial charge in [0.05, 0.1) is 0 Å². The van der Waals surface area contributed by atoms with Gasteiger partial charge in [0.15, 0.2) is 4.34 Å². The summed E-state index contributed by atoms with van der Waals surface area (Å²) < 4.78 is 58.6. The van der Waals surface area contributed by atoms with E-state index in [0.717, 1.165) is 24.0 Å². The molecule has 0 bridgehead atoms. The van der Waals surface area contributed by atoms with Crippen molar-refractivity contribution >= 4 is 40.2 Å². The number of rotatable bonds is 9. The summed E-state index contributed by atoms with van der Waals surface area (Å²) in [4.78, 5) is 11.9. The molecule has 1 aromatic heterocycles. The van der Waals surface area contributed by atoms with Gasteiger partial charge in [0.2, 0.25) is 11.0 Å². The first-order valence-corrected chi connectivity index (χ1v) is 9.16. The van der Waals surface area contributed by atoms with Crippen molar-refractivity contribution in [2.45, 2.75) is 24.5 Å². The van der Waals surface area contributed by atoms with Crippen molar-refractivity contribution in [2.75, 3.05) is 11.1 Å². The van der Waals surface area contributed by atoms with E-state index in [-0.39, 0.29) is 16.4 Å². The zero-order chi connectivity index (χ0) is 19.8. The van der Waals surface area contributed by atoms with E-state index in [1.165, 1.54) is 35.2 Å². The van der Waals surface area contributed by atoms with Crippen LogP contribution in [0.25, 0.3) is 6.08 Å². The van der Waals surface area contributed by atoms with Gasteiger partial charge in [0, 0.05) is 17.7 Å². The number of carbonyl (C=O) groups is 1. The highest BCUT2D eigenvalue weighted by Gasteiger charge is 2.13. The number of aromatic nitrogens is 2. The highest BCUT2D eigenvalue weighted by atomic mass is 32.2. The molecule has 2 rings (SSSR count). The number of alkyl halides is 4. The molecular formula is C15H13F4N3O3S2. The predicted octanol–water partition coefficient (Wildman–Crippen LogP) is 4.50. The lowest BCUT2D eigenvalue weighted by Gasteiger charge is -2.11. The number of thioether (sulfide) groups is 1. The Bertz CT molecular complexity index is 802. The summed E-state index contributed by atoms with van der Waals surface area (Å²) in [6.07, 6.45) is 2.26. The molecule has 0 fully saturated rings. The van der Waals surface area contributed by atoms with Crippen LogP contribution in [0.5, 0.6) is 11.5 Å². The first-order chi connectivity index (χ1) is 12.9. The van der Waals surface area contributed by atoms with Gasteiger partial charge >= 0.3 is 13.2 Å². The molecule has 1 N–H and O–H groups in total. The largest absolute Gasteiger partial charge is 0.435 e. The minimum absolute atomic E-state index is 0.0755. The quantitative estimate of drug-likeness (QED) is 0.277. The van der Waals surface area contributed by atoms with Crippen LogP contribution in [0.3, 0.4) is 0 Å². The molecule has 0 aliphatic rings. The van der Waals surface area contributed by atoms with Crippen LogP contribution in [0.4, 0.5) is 22.7 Å². The maximum absolute atomic E-state index is 12.5. The number of ether oxygens (including phenoxy) is 2. The van der Waals surface area contributed by atoms with Gasteiger partial charge in [-0.25, -0.2) is 0 Å². The van der Waals surface area contributed by atoms with Crippen LogP contribution in [0.1, 0.15) is 12.5 Å². The predicted molar refractivity (Wildman–Crippen MR) is 93.7 cm³/mol. The Morgan fingerprint density at radius 2 is 2.00 bits per heavy atom. The summed E-state index contributed by atoms with van der Waals surface area (Å²) in [5.41, 5.74) is 0.0755. The number of carbonyl (C=O) groups excluding carboxylic acids is 1. The van der Waals surface area contributed by atoms with Crippen molar-refractivity contribution in [1.29, 1.82) is 0 Å². The van der Waals surface area contributed by atoms with E-state index in [4.69, 9.17) is 0 Å². The Balaban J connectivity index is 2.09. The van der Waals surface area contributed by atoms with Crippen molar-refractivity contribution in [3.8, 4) is 11.5 Å². The normalized spacial score (nSPS) is 11.4. The second-order valence-electron chi connectivity index (χ2n) is 4.59. The molecule has 0 aliphatic carbocycles. The summed E-state index contributed by atoms with van der Waals surface area (Å²) in [5.74, 6) is -0.530. The average molecular weight is 423 g/mol. The molecular weight excluding hydrogens is 410 g/mol. The number of amides is 1. The molecule has 0 radical (unpaired) electrons. The summed E-state index contributed by atoms with van der Waals surface area (Å²) in [5, 5.41) is 10.4. The number of hydrogen-bond acceptors (Lipinski definition) is 7. The zero-order valence-electron chi connectivity index (χ0n) is 13.7. The number of anilines is 1. The summed E-state index contributed by atoms with van der Waals surface area (Å²) in [6, 6.07) is 3.23.